The Hall–Kier alpha value is -1.79. The number of hydrogen-bond donors (Lipinski definition) is 2. The van der Waals surface area contributed by atoms with Gasteiger partial charge in [0.1, 0.15) is 5.51 Å². The van der Waals surface area contributed by atoms with E-state index in [1.807, 2.05) is 30.3 Å². The number of nitrogens with zero attached hydrogens (tertiary/aromatic N) is 2. The Morgan fingerprint density at radius 1 is 1.25 bits per heavy atom. The number of hydrogen-bond acceptors (Lipinski definition) is 5. The number of anilines is 1. The van der Waals surface area contributed by atoms with Crippen LogP contribution in [-0.2, 0) is 10.2 Å². The van der Waals surface area contributed by atoms with Crippen molar-refractivity contribution in [1.82, 2.24) is 15.5 Å². The minimum absolute atomic E-state index is 0.0157. The number of aromatic nitrogens is 2. The molecular weight excluding hydrogens is 272 g/mol. The van der Waals surface area contributed by atoms with Gasteiger partial charge in [-0.05, 0) is 31.5 Å². The van der Waals surface area contributed by atoms with Crippen molar-refractivity contribution < 1.29 is 4.79 Å². The van der Waals surface area contributed by atoms with E-state index in [4.69, 9.17) is 0 Å². The largest absolute Gasteiger partial charge is 0.317 e. The summed E-state index contributed by atoms with van der Waals surface area (Å²) in [6.07, 6.45) is 1.59. The van der Waals surface area contributed by atoms with Gasteiger partial charge in [0, 0.05) is 0 Å². The van der Waals surface area contributed by atoms with E-state index in [1.165, 1.54) is 11.3 Å². The zero-order valence-electron chi connectivity index (χ0n) is 11.0. The molecule has 1 aliphatic rings. The Morgan fingerprint density at radius 2 is 2.00 bits per heavy atom. The van der Waals surface area contributed by atoms with E-state index in [0.29, 0.717) is 5.13 Å². The summed E-state index contributed by atoms with van der Waals surface area (Å²) < 4.78 is 0. The minimum Gasteiger partial charge on any atom is -0.317 e. The molecule has 2 aromatic rings. The van der Waals surface area contributed by atoms with Crippen molar-refractivity contribution in [3.05, 3.63) is 41.4 Å². The lowest BCUT2D eigenvalue weighted by atomic mass is 9.72. The smallest absolute Gasteiger partial charge is 0.236 e. The lowest BCUT2D eigenvalue weighted by Crippen LogP contribution is -2.48. The summed E-state index contributed by atoms with van der Waals surface area (Å²) in [5, 5.41) is 14.4. The highest BCUT2D eigenvalue weighted by atomic mass is 32.1. The third-order valence-corrected chi connectivity index (χ3v) is 4.41. The molecule has 2 heterocycles. The first-order chi connectivity index (χ1) is 9.81. The molecule has 0 saturated carbocycles. The summed E-state index contributed by atoms with van der Waals surface area (Å²) in [6, 6.07) is 10.0. The molecule has 5 nitrogen and oxygen atoms in total. The molecule has 0 radical (unpaired) electrons. The maximum absolute atomic E-state index is 12.8. The highest BCUT2D eigenvalue weighted by Crippen LogP contribution is 2.34. The van der Waals surface area contributed by atoms with Gasteiger partial charge in [-0.25, -0.2) is 0 Å². The Labute approximate surface area is 121 Å². The van der Waals surface area contributed by atoms with Crippen LogP contribution in [0.1, 0.15) is 18.4 Å². The minimum atomic E-state index is -0.474. The fourth-order valence-electron chi connectivity index (χ4n) is 2.70. The third kappa shape index (κ3) is 2.44. The molecule has 0 aliphatic carbocycles. The van der Waals surface area contributed by atoms with E-state index in [9.17, 15) is 4.79 Å². The molecular formula is C14H16N4OS. The van der Waals surface area contributed by atoms with Gasteiger partial charge in [0.05, 0.1) is 5.41 Å². The summed E-state index contributed by atoms with van der Waals surface area (Å²) in [6.45, 7) is 1.69. The Balaban J connectivity index is 1.91. The van der Waals surface area contributed by atoms with Crippen LogP contribution >= 0.6 is 11.3 Å². The molecule has 1 aliphatic heterocycles. The third-order valence-electron chi connectivity index (χ3n) is 3.80. The molecule has 1 fully saturated rings. The average Bonchev–Trinajstić information content (AvgIpc) is 3.02. The molecule has 0 atom stereocenters. The molecule has 1 aromatic heterocycles. The van der Waals surface area contributed by atoms with Crippen LogP contribution in [0.2, 0.25) is 0 Å². The lowest BCUT2D eigenvalue weighted by Gasteiger charge is -2.36. The van der Waals surface area contributed by atoms with Crippen LogP contribution in [0.25, 0.3) is 0 Å². The number of benzene rings is 1. The summed E-state index contributed by atoms with van der Waals surface area (Å²) in [7, 11) is 0. The van der Waals surface area contributed by atoms with Crippen LogP contribution in [0.5, 0.6) is 0 Å². The van der Waals surface area contributed by atoms with Crippen LogP contribution in [0.4, 0.5) is 5.13 Å². The van der Waals surface area contributed by atoms with Gasteiger partial charge in [-0.3, -0.25) is 10.1 Å². The van der Waals surface area contributed by atoms with Gasteiger partial charge in [-0.15, -0.1) is 10.2 Å². The van der Waals surface area contributed by atoms with Gasteiger partial charge in [-0.2, -0.15) is 0 Å². The summed E-state index contributed by atoms with van der Waals surface area (Å²) >= 11 is 1.34. The molecule has 0 unspecified atom stereocenters. The van der Waals surface area contributed by atoms with Gasteiger partial charge < -0.3 is 5.32 Å². The van der Waals surface area contributed by atoms with Crippen LogP contribution in [0.3, 0.4) is 0 Å². The fourth-order valence-corrected chi connectivity index (χ4v) is 3.14. The van der Waals surface area contributed by atoms with Crippen molar-refractivity contribution >= 4 is 22.4 Å². The molecule has 1 amide bonds. The maximum atomic E-state index is 12.8. The molecule has 6 heteroatoms. The Morgan fingerprint density at radius 3 is 2.65 bits per heavy atom. The average molecular weight is 288 g/mol. The van der Waals surface area contributed by atoms with E-state index in [1.54, 1.807) is 5.51 Å². The summed E-state index contributed by atoms with van der Waals surface area (Å²) in [5.74, 6) is 0.0157. The first kappa shape index (κ1) is 13.2. The highest BCUT2D eigenvalue weighted by molar-refractivity contribution is 7.13. The van der Waals surface area contributed by atoms with E-state index < -0.39 is 5.41 Å². The Bertz CT molecular complexity index is 564. The number of amides is 1. The summed E-state index contributed by atoms with van der Waals surface area (Å²) in [5.41, 5.74) is 2.22. The molecule has 20 heavy (non-hydrogen) atoms. The van der Waals surface area contributed by atoms with Crippen molar-refractivity contribution in [2.24, 2.45) is 0 Å². The first-order valence-electron chi connectivity index (χ1n) is 6.65. The lowest BCUT2D eigenvalue weighted by molar-refractivity contribution is -0.122. The SMILES string of the molecule is O=C(Nc1nncs1)C1(c2ccccc2)CCNCC1. The number of carbonyl (C=O) groups is 1. The number of rotatable bonds is 3. The zero-order chi connectivity index (χ0) is 13.8. The second-order valence-corrected chi connectivity index (χ2v) is 5.73. The van der Waals surface area contributed by atoms with Crippen molar-refractivity contribution in [3.63, 3.8) is 0 Å². The first-order valence-corrected chi connectivity index (χ1v) is 7.53. The van der Waals surface area contributed by atoms with Crippen LogP contribution in [0, 0.1) is 0 Å². The van der Waals surface area contributed by atoms with Gasteiger partial charge in [-0.1, -0.05) is 41.7 Å². The van der Waals surface area contributed by atoms with Crippen molar-refractivity contribution in [2.75, 3.05) is 18.4 Å². The van der Waals surface area contributed by atoms with E-state index in [-0.39, 0.29) is 5.91 Å². The number of nitrogens with one attached hydrogen (secondary N) is 2. The molecule has 0 bridgehead atoms. The predicted octanol–water partition coefficient (Wildman–Crippen LogP) is 1.80. The Kier molecular flexibility index (Phi) is 3.75. The molecule has 1 aromatic carbocycles. The second kappa shape index (κ2) is 5.68. The quantitative estimate of drug-likeness (QED) is 0.904. The second-order valence-electron chi connectivity index (χ2n) is 4.90. The van der Waals surface area contributed by atoms with Gasteiger partial charge in [0.25, 0.3) is 0 Å². The number of carbonyl (C=O) groups excluding carboxylic acids is 1. The van der Waals surface area contributed by atoms with Crippen LogP contribution in [-0.4, -0.2) is 29.2 Å². The van der Waals surface area contributed by atoms with Gasteiger partial charge >= 0.3 is 0 Å². The molecule has 104 valence electrons. The topological polar surface area (TPSA) is 66.9 Å². The normalized spacial score (nSPS) is 17.6. The maximum Gasteiger partial charge on any atom is 0.236 e. The van der Waals surface area contributed by atoms with Gasteiger partial charge in [0.2, 0.25) is 11.0 Å². The van der Waals surface area contributed by atoms with E-state index in [0.717, 1.165) is 31.5 Å². The zero-order valence-corrected chi connectivity index (χ0v) is 11.8. The van der Waals surface area contributed by atoms with Gasteiger partial charge in [0.15, 0.2) is 0 Å². The van der Waals surface area contributed by atoms with Crippen molar-refractivity contribution in [3.8, 4) is 0 Å². The van der Waals surface area contributed by atoms with E-state index in [2.05, 4.69) is 20.8 Å². The van der Waals surface area contributed by atoms with E-state index >= 15 is 0 Å². The fraction of sp³-hybridized carbons (Fsp3) is 0.357. The van der Waals surface area contributed by atoms with Crippen molar-refractivity contribution in [1.29, 1.82) is 0 Å². The van der Waals surface area contributed by atoms with Crippen molar-refractivity contribution in [2.45, 2.75) is 18.3 Å². The monoisotopic (exact) mass is 288 g/mol. The molecule has 2 N–H and O–H groups in total. The highest BCUT2D eigenvalue weighted by Gasteiger charge is 2.41. The standard InChI is InChI=1S/C14H16N4OS/c19-12(17-13-18-16-10-20-13)14(6-8-15-9-7-14)11-4-2-1-3-5-11/h1-5,10,15H,6-9H2,(H,17,18,19). The van der Waals surface area contributed by atoms with Crippen LogP contribution < -0.4 is 10.6 Å². The molecule has 1 saturated heterocycles. The van der Waals surface area contributed by atoms with Crippen LogP contribution in [0.15, 0.2) is 35.8 Å². The summed E-state index contributed by atoms with van der Waals surface area (Å²) in [4.78, 5) is 12.8. The molecule has 3 rings (SSSR count). The number of piperidine rings is 1. The predicted molar refractivity (Wildman–Crippen MR) is 78.8 cm³/mol. The molecule has 0 spiro atoms.